The predicted octanol–water partition coefficient (Wildman–Crippen LogP) is 1.22. The molecule has 0 rings (SSSR count). The minimum atomic E-state index is -0.0973. The lowest BCUT2D eigenvalue weighted by atomic mass is 9.97. The number of carbonyl (C=O) groups excluding carboxylic acids is 1. The second kappa shape index (κ2) is 4.30. The highest BCUT2D eigenvalue weighted by Crippen LogP contribution is 2.10. The van der Waals surface area contributed by atoms with E-state index in [1.54, 1.807) is 19.0 Å². The lowest BCUT2D eigenvalue weighted by molar-refractivity contribution is -0.119. The van der Waals surface area contributed by atoms with E-state index in [1.165, 1.54) is 0 Å². The first-order valence-corrected chi connectivity index (χ1v) is 4.38. The fraction of sp³-hybridized carbons (Fsp3) is 0.700. The Morgan fingerprint density at radius 3 is 2.15 bits per heavy atom. The number of amides is 1. The van der Waals surface area contributed by atoms with E-state index in [9.17, 15) is 4.79 Å². The molecule has 76 valence electrons. The van der Waals surface area contributed by atoms with Gasteiger partial charge in [-0.05, 0) is 5.41 Å². The summed E-state index contributed by atoms with van der Waals surface area (Å²) in [7, 11) is 3.61. The van der Waals surface area contributed by atoms with Crippen LogP contribution in [0.4, 0.5) is 0 Å². The van der Waals surface area contributed by atoms with Crippen LogP contribution in [0.3, 0.4) is 0 Å². The molecule has 0 spiro atoms. The normalized spacial score (nSPS) is 10.8. The molecule has 0 unspecified atom stereocenters. The number of likely N-dealkylation sites (N-methyl/N-ethyl adjacent to an activating group) is 1. The quantitative estimate of drug-likeness (QED) is 0.669. The Labute approximate surface area is 80.8 Å². The molecule has 0 fully saturated rings. The third-order valence-electron chi connectivity index (χ3n) is 1.58. The van der Waals surface area contributed by atoms with Gasteiger partial charge in [0.2, 0.25) is 0 Å². The number of nitrogens with zero attached hydrogens (tertiary/aromatic N) is 1. The van der Waals surface area contributed by atoms with Crippen molar-refractivity contribution in [3.05, 3.63) is 12.3 Å². The Bertz CT molecular complexity index is 201. The van der Waals surface area contributed by atoms with E-state index >= 15 is 0 Å². The molecule has 0 aromatic rings. The van der Waals surface area contributed by atoms with Crippen molar-refractivity contribution >= 4 is 5.91 Å². The van der Waals surface area contributed by atoms with Gasteiger partial charge in [-0.15, -0.1) is 0 Å². The van der Waals surface area contributed by atoms with Gasteiger partial charge in [-0.1, -0.05) is 27.4 Å². The summed E-state index contributed by atoms with van der Waals surface area (Å²) in [4.78, 5) is 13.1. The molecule has 1 N–H and O–H groups in total. The average Bonchev–Trinajstić information content (AvgIpc) is 1.97. The molecule has 0 atom stereocenters. The van der Waals surface area contributed by atoms with Crippen molar-refractivity contribution in [2.45, 2.75) is 20.8 Å². The van der Waals surface area contributed by atoms with Gasteiger partial charge in [-0.2, -0.15) is 0 Å². The van der Waals surface area contributed by atoms with E-state index in [2.05, 4.69) is 32.7 Å². The summed E-state index contributed by atoms with van der Waals surface area (Å²) in [6.45, 7) is 10.6. The first-order chi connectivity index (χ1) is 5.74. The maximum absolute atomic E-state index is 11.4. The van der Waals surface area contributed by atoms with Gasteiger partial charge in [0.05, 0.1) is 5.70 Å². The SMILES string of the molecule is C=C(C(=O)NCC(C)(C)C)N(C)C. The first-order valence-electron chi connectivity index (χ1n) is 4.38. The largest absolute Gasteiger partial charge is 0.374 e. The lowest BCUT2D eigenvalue weighted by Crippen LogP contribution is -2.36. The van der Waals surface area contributed by atoms with Crippen LogP contribution >= 0.6 is 0 Å². The molecule has 0 saturated carbocycles. The van der Waals surface area contributed by atoms with Crippen LogP contribution in [0.25, 0.3) is 0 Å². The molecule has 1 amide bonds. The molecule has 0 aromatic heterocycles. The zero-order valence-electron chi connectivity index (χ0n) is 9.27. The van der Waals surface area contributed by atoms with Gasteiger partial charge >= 0.3 is 0 Å². The molecule has 0 bridgehead atoms. The van der Waals surface area contributed by atoms with Crippen LogP contribution in [0.2, 0.25) is 0 Å². The highest BCUT2D eigenvalue weighted by Gasteiger charge is 2.14. The van der Waals surface area contributed by atoms with E-state index in [0.29, 0.717) is 12.2 Å². The molecule has 0 radical (unpaired) electrons. The minimum absolute atomic E-state index is 0.0973. The average molecular weight is 184 g/mol. The monoisotopic (exact) mass is 184 g/mol. The summed E-state index contributed by atoms with van der Waals surface area (Å²) < 4.78 is 0. The van der Waals surface area contributed by atoms with Gasteiger partial charge in [-0.3, -0.25) is 4.79 Å². The third-order valence-corrected chi connectivity index (χ3v) is 1.58. The number of carbonyl (C=O) groups is 1. The Kier molecular flexibility index (Phi) is 3.98. The van der Waals surface area contributed by atoms with E-state index in [1.807, 2.05) is 0 Å². The molecular formula is C10H20N2O. The van der Waals surface area contributed by atoms with Gasteiger partial charge in [0.1, 0.15) is 0 Å². The number of nitrogens with one attached hydrogen (secondary N) is 1. The van der Waals surface area contributed by atoms with Crippen molar-refractivity contribution < 1.29 is 4.79 Å². The fourth-order valence-corrected chi connectivity index (χ4v) is 0.651. The van der Waals surface area contributed by atoms with Crippen LogP contribution in [0.1, 0.15) is 20.8 Å². The van der Waals surface area contributed by atoms with E-state index in [4.69, 9.17) is 0 Å². The minimum Gasteiger partial charge on any atom is -0.374 e. The van der Waals surface area contributed by atoms with Crippen molar-refractivity contribution in [1.82, 2.24) is 10.2 Å². The van der Waals surface area contributed by atoms with Crippen LogP contribution in [-0.2, 0) is 4.79 Å². The number of rotatable bonds is 3. The fourth-order valence-electron chi connectivity index (χ4n) is 0.651. The maximum Gasteiger partial charge on any atom is 0.266 e. The predicted molar refractivity (Wildman–Crippen MR) is 55.3 cm³/mol. The second-order valence-corrected chi connectivity index (χ2v) is 4.58. The molecule has 0 aromatic carbocycles. The summed E-state index contributed by atoms with van der Waals surface area (Å²) in [5, 5.41) is 2.82. The van der Waals surface area contributed by atoms with Crippen molar-refractivity contribution in [2.24, 2.45) is 5.41 Å². The van der Waals surface area contributed by atoms with Crippen LogP contribution in [-0.4, -0.2) is 31.4 Å². The molecular weight excluding hydrogens is 164 g/mol. The topological polar surface area (TPSA) is 32.3 Å². The molecule has 0 aliphatic carbocycles. The Balaban J connectivity index is 3.96. The summed E-state index contributed by atoms with van der Waals surface area (Å²) in [6.07, 6.45) is 0. The van der Waals surface area contributed by atoms with E-state index in [0.717, 1.165) is 0 Å². The smallest absolute Gasteiger partial charge is 0.266 e. The van der Waals surface area contributed by atoms with Crippen molar-refractivity contribution in [2.75, 3.05) is 20.6 Å². The van der Waals surface area contributed by atoms with Crippen LogP contribution in [0.5, 0.6) is 0 Å². The third kappa shape index (κ3) is 5.28. The lowest BCUT2D eigenvalue weighted by Gasteiger charge is -2.21. The Hall–Kier alpha value is -0.990. The standard InChI is InChI=1S/C10H20N2O/c1-8(12(5)6)9(13)11-7-10(2,3)4/h1,7H2,2-6H3,(H,11,13). The van der Waals surface area contributed by atoms with Gasteiger partial charge in [0.15, 0.2) is 0 Å². The van der Waals surface area contributed by atoms with Gasteiger partial charge < -0.3 is 10.2 Å². The summed E-state index contributed by atoms with van der Waals surface area (Å²) in [6, 6.07) is 0. The Morgan fingerprint density at radius 2 is 1.85 bits per heavy atom. The Morgan fingerprint density at radius 1 is 1.38 bits per heavy atom. The highest BCUT2D eigenvalue weighted by molar-refractivity contribution is 5.92. The van der Waals surface area contributed by atoms with Crippen molar-refractivity contribution in [1.29, 1.82) is 0 Å². The number of hydrogen-bond donors (Lipinski definition) is 1. The van der Waals surface area contributed by atoms with Crippen molar-refractivity contribution in [3.8, 4) is 0 Å². The number of hydrogen-bond acceptors (Lipinski definition) is 2. The molecule has 3 nitrogen and oxygen atoms in total. The van der Waals surface area contributed by atoms with Crippen LogP contribution < -0.4 is 5.32 Å². The molecule has 0 saturated heterocycles. The zero-order chi connectivity index (χ0) is 10.6. The molecule has 3 heteroatoms. The summed E-state index contributed by atoms with van der Waals surface area (Å²) >= 11 is 0. The molecule has 0 heterocycles. The molecule has 0 aliphatic heterocycles. The van der Waals surface area contributed by atoms with Crippen molar-refractivity contribution in [3.63, 3.8) is 0 Å². The van der Waals surface area contributed by atoms with E-state index < -0.39 is 0 Å². The van der Waals surface area contributed by atoms with Crippen LogP contribution in [0.15, 0.2) is 12.3 Å². The summed E-state index contributed by atoms with van der Waals surface area (Å²) in [5.74, 6) is -0.0973. The highest BCUT2D eigenvalue weighted by atomic mass is 16.2. The van der Waals surface area contributed by atoms with Gasteiger partial charge in [-0.25, -0.2) is 0 Å². The summed E-state index contributed by atoms with van der Waals surface area (Å²) in [5.41, 5.74) is 0.603. The first kappa shape index (κ1) is 12.0. The second-order valence-electron chi connectivity index (χ2n) is 4.58. The maximum atomic E-state index is 11.4. The molecule has 0 aliphatic rings. The molecule has 13 heavy (non-hydrogen) atoms. The van der Waals surface area contributed by atoms with E-state index in [-0.39, 0.29) is 11.3 Å². The van der Waals surface area contributed by atoms with Crippen LogP contribution in [0, 0.1) is 5.41 Å². The zero-order valence-corrected chi connectivity index (χ0v) is 9.27. The van der Waals surface area contributed by atoms with Gasteiger partial charge in [0, 0.05) is 20.6 Å². The van der Waals surface area contributed by atoms with Gasteiger partial charge in [0.25, 0.3) is 5.91 Å².